The molecule has 21 heavy (non-hydrogen) atoms. The number of rotatable bonds is 4. The van der Waals surface area contributed by atoms with E-state index in [1.165, 1.54) is 11.3 Å². The summed E-state index contributed by atoms with van der Waals surface area (Å²) in [4.78, 5) is 18.4. The van der Waals surface area contributed by atoms with Crippen LogP contribution < -0.4 is 5.32 Å². The van der Waals surface area contributed by atoms with Crippen molar-refractivity contribution >= 4 is 28.6 Å². The highest BCUT2D eigenvalue weighted by molar-refractivity contribution is 7.21. The maximum absolute atomic E-state index is 12.3. The minimum Gasteiger partial charge on any atom is -0.396 e. The molecule has 6 heteroatoms. The number of nitrogens with one attached hydrogen (secondary N) is 1. The summed E-state index contributed by atoms with van der Waals surface area (Å²) < 4.78 is 0. The minimum atomic E-state index is -0.0688. The van der Waals surface area contributed by atoms with Gasteiger partial charge >= 0.3 is 0 Å². The summed E-state index contributed by atoms with van der Waals surface area (Å²) in [6.07, 6.45) is 5.84. The zero-order valence-corrected chi connectivity index (χ0v) is 13.3. The van der Waals surface area contributed by atoms with Gasteiger partial charge in [0.2, 0.25) is 0 Å². The van der Waals surface area contributed by atoms with Crippen molar-refractivity contribution in [3.05, 3.63) is 28.6 Å². The van der Waals surface area contributed by atoms with E-state index in [1.807, 2.05) is 17.5 Å². The van der Waals surface area contributed by atoms with Gasteiger partial charge in [-0.2, -0.15) is 0 Å². The molecule has 2 atom stereocenters. The van der Waals surface area contributed by atoms with Crippen LogP contribution in [0.4, 0.5) is 0 Å². The Kier molecular flexibility index (Phi) is 4.67. The molecular weight excluding hydrogens is 304 g/mol. The number of thiazole rings is 1. The lowest BCUT2D eigenvalue weighted by atomic mass is 9.85. The van der Waals surface area contributed by atoms with E-state index in [2.05, 4.69) is 10.3 Å². The molecule has 3 rings (SSSR count). The molecule has 0 aliphatic heterocycles. The average Bonchev–Trinajstić information content (AvgIpc) is 3.18. The third kappa shape index (κ3) is 3.33. The second kappa shape index (κ2) is 6.68. The number of aromatic nitrogens is 1. The lowest BCUT2D eigenvalue weighted by molar-refractivity contribution is 0.0876. The Balaban J connectivity index is 1.68. The van der Waals surface area contributed by atoms with Gasteiger partial charge in [0.05, 0.1) is 11.1 Å². The second-order valence-corrected chi connectivity index (χ2v) is 7.29. The third-order valence-corrected chi connectivity index (χ3v) is 5.96. The van der Waals surface area contributed by atoms with Gasteiger partial charge in [-0.25, -0.2) is 4.98 Å². The molecule has 1 saturated carbocycles. The predicted molar refractivity (Wildman–Crippen MR) is 85.7 cm³/mol. The number of aliphatic hydroxyl groups is 1. The van der Waals surface area contributed by atoms with Crippen molar-refractivity contribution in [1.29, 1.82) is 0 Å². The fourth-order valence-electron chi connectivity index (χ4n) is 2.75. The summed E-state index contributed by atoms with van der Waals surface area (Å²) in [5.74, 6) is 0.119. The highest BCUT2D eigenvalue weighted by Gasteiger charge is 2.26. The molecule has 0 aromatic carbocycles. The summed E-state index contributed by atoms with van der Waals surface area (Å²) in [6, 6.07) is 4.08. The van der Waals surface area contributed by atoms with Gasteiger partial charge in [0.15, 0.2) is 0 Å². The van der Waals surface area contributed by atoms with Crippen molar-refractivity contribution in [2.24, 2.45) is 5.92 Å². The molecule has 1 fully saturated rings. The molecule has 1 aliphatic rings. The number of carbonyl (C=O) groups excluding carboxylic acids is 1. The second-order valence-electron chi connectivity index (χ2n) is 5.31. The Morgan fingerprint density at radius 2 is 2.29 bits per heavy atom. The van der Waals surface area contributed by atoms with Crippen LogP contribution in [0.5, 0.6) is 0 Å². The molecule has 2 N–H and O–H groups in total. The molecule has 0 saturated heterocycles. The lowest BCUT2D eigenvalue weighted by Gasteiger charge is -2.30. The summed E-state index contributed by atoms with van der Waals surface area (Å²) >= 11 is 3.04. The van der Waals surface area contributed by atoms with Gasteiger partial charge in [0.25, 0.3) is 5.91 Å². The molecule has 0 spiro atoms. The van der Waals surface area contributed by atoms with Gasteiger partial charge in [-0.3, -0.25) is 4.79 Å². The minimum absolute atomic E-state index is 0.0688. The van der Waals surface area contributed by atoms with E-state index < -0.39 is 0 Å². The van der Waals surface area contributed by atoms with Gasteiger partial charge in [-0.1, -0.05) is 18.9 Å². The van der Waals surface area contributed by atoms with Gasteiger partial charge in [-0.05, 0) is 24.3 Å². The largest absolute Gasteiger partial charge is 0.396 e. The highest BCUT2D eigenvalue weighted by Crippen LogP contribution is 2.29. The van der Waals surface area contributed by atoms with Crippen molar-refractivity contribution in [3.8, 4) is 9.88 Å². The molecule has 2 aromatic rings. The zero-order valence-electron chi connectivity index (χ0n) is 11.6. The number of carbonyl (C=O) groups is 1. The van der Waals surface area contributed by atoms with Crippen LogP contribution in [0.3, 0.4) is 0 Å². The normalized spacial score (nSPS) is 22.1. The molecule has 0 radical (unpaired) electrons. The Morgan fingerprint density at radius 3 is 3.05 bits per heavy atom. The number of aliphatic hydroxyl groups excluding tert-OH is 1. The molecule has 2 unspecified atom stereocenters. The quantitative estimate of drug-likeness (QED) is 0.909. The summed E-state index contributed by atoms with van der Waals surface area (Å²) in [7, 11) is 0. The van der Waals surface area contributed by atoms with Crippen LogP contribution >= 0.6 is 22.7 Å². The lowest BCUT2D eigenvalue weighted by Crippen LogP contribution is -2.43. The standard InChI is InChI=1S/C15H18N2O2S2/c18-9-10-4-1-2-5-11(10)17-14(19)13-8-16-15(21-13)12-6-3-7-20-12/h3,6-8,10-11,18H,1-2,4-5,9H2,(H,17,19). The van der Waals surface area contributed by atoms with E-state index in [4.69, 9.17) is 0 Å². The first-order chi connectivity index (χ1) is 10.3. The number of amides is 1. The van der Waals surface area contributed by atoms with E-state index in [9.17, 15) is 9.90 Å². The number of hydrogen-bond donors (Lipinski definition) is 2. The van der Waals surface area contributed by atoms with Crippen LogP contribution in [0.25, 0.3) is 9.88 Å². The van der Waals surface area contributed by atoms with E-state index in [-0.39, 0.29) is 24.5 Å². The average molecular weight is 322 g/mol. The zero-order chi connectivity index (χ0) is 14.7. The van der Waals surface area contributed by atoms with Crippen molar-refractivity contribution < 1.29 is 9.90 Å². The van der Waals surface area contributed by atoms with Crippen LogP contribution in [0.2, 0.25) is 0 Å². The number of thiophene rings is 1. The van der Waals surface area contributed by atoms with Gasteiger partial charge in [0, 0.05) is 18.6 Å². The van der Waals surface area contributed by atoms with Gasteiger partial charge < -0.3 is 10.4 Å². The topological polar surface area (TPSA) is 62.2 Å². The van der Waals surface area contributed by atoms with Crippen molar-refractivity contribution in [3.63, 3.8) is 0 Å². The predicted octanol–water partition coefficient (Wildman–Crippen LogP) is 3.15. The summed E-state index contributed by atoms with van der Waals surface area (Å²) in [5, 5.41) is 15.4. The Hall–Kier alpha value is -1.24. The first kappa shape index (κ1) is 14.7. The van der Waals surface area contributed by atoms with Crippen LogP contribution in [0.15, 0.2) is 23.7 Å². The first-order valence-electron chi connectivity index (χ1n) is 7.19. The monoisotopic (exact) mass is 322 g/mol. The Labute approximate surface area is 131 Å². The Morgan fingerprint density at radius 1 is 1.43 bits per heavy atom. The van der Waals surface area contributed by atoms with Crippen molar-refractivity contribution in [1.82, 2.24) is 10.3 Å². The number of hydrogen-bond acceptors (Lipinski definition) is 5. The van der Waals surface area contributed by atoms with Crippen LogP contribution in [-0.4, -0.2) is 28.6 Å². The van der Waals surface area contributed by atoms with Crippen molar-refractivity contribution in [2.75, 3.05) is 6.61 Å². The molecule has 4 nitrogen and oxygen atoms in total. The molecule has 2 aromatic heterocycles. The molecule has 112 valence electrons. The fraction of sp³-hybridized carbons (Fsp3) is 0.467. The first-order valence-corrected chi connectivity index (χ1v) is 8.89. The molecule has 0 bridgehead atoms. The molecule has 2 heterocycles. The van der Waals surface area contributed by atoms with Gasteiger partial charge in [-0.15, -0.1) is 22.7 Å². The SMILES string of the molecule is O=C(NC1CCCCC1CO)c1cnc(-c2cccs2)s1. The maximum Gasteiger partial charge on any atom is 0.263 e. The third-order valence-electron chi connectivity index (χ3n) is 3.92. The summed E-state index contributed by atoms with van der Waals surface area (Å²) in [5.41, 5.74) is 0. The van der Waals surface area contributed by atoms with E-state index >= 15 is 0 Å². The van der Waals surface area contributed by atoms with E-state index in [0.29, 0.717) is 4.88 Å². The highest BCUT2D eigenvalue weighted by atomic mass is 32.1. The van der Waals surface area contributed by atoms with Crippen molar-refractivity contribution in [2.45, 2.75) is 31.7 Å². The maximum atomic E-state index is 12.3. The van der Waals surface area contributed by atoms with E-state index in [1.54, 1.807) is 17.5 Å². The Bertz CT molecular complexity index is 595. The number of nitrogens with zero attached hydrogens (tertiary/aromatic N) is 1. The fourth-order valence-corrected chi connectivity index (χ4v) is 4.37. The van der Waals surface area contributed by atoms with Gasteiger partial charge in [0.1, 0.15) is 9.88 Å². The smallest absolute Gasteiger partial charge is 0.263 e. The molecular formula is C15H18N2O2S2. The van der Waals surface area contributed by atoms with E-state index in [0.717, 1.165) is 35.6 Å². The van der Waals surface area contributed by atoms with Crippen LogP contribution in [0, 0.1) is 5.92 Å². The van der Waals surface area contributed by atoms with Crippen LogP contribution in [0.1, 0.15) is 35.4 Å². The molecule has 1 amide bonds. The van der Waals surface area contributed by atoms with Crippen LogP contribution in [-0.2, 0) is 0 Å². The molecule has 1 aliphatic carbocycles. The summed E-state index contributed by atoms with van der Waals surface area (Å²) in [6.45, 7) is 0.147.